The quantitative estimate of drug-likeness (QED) is 0.362. The van der Waals surface area contributed by atoms with Gasteiger partial charge in [0, 0.05) is 39.8 Å². The molecule has 2 heterocycles. The number of benzene rings is 1. The van der Waals surface area contributed by atoms with Crippen LogP contribution in [0.3, 0.4) is 0 Å². The Hall–Kier alpha value is -1.39. The fourth-order valence-electron chi connectivity index (χ4n) is 4.52. The van der Waals surface area contributed by atoms with E-state index in [9.17, 15) is 9.90 Å². The van der Waals surface area contributed by atoms with E-state index >= 15 is 0 Å². The minimum atomic E-state index is -0.857. The molecule has 0 bridgehead atoms. The predicted octanol–water partition coefficient (Wildman–Crippen LogP) is 1.34. The van der Waals surface area contributed by atoms with Crippen LogP contribution in [0.5, 0.6) is 0 Å². The summed E-state index contributed by atoms with van der Waals surface area (Å²) in [5.41, 5.74) is 1.39. The second-order valence-electron chi connectivity index (χ2n) is 7.90. The van der Waals surface area contributed by atoms with Gasteiger partial charge in [-0.3, -0.25) is 9.79 Å². The molecular formula is C21H31IN4O3. The van der Waals surface area contributed by atoms with Crippen molar-refractivity contribution in [2.45, 2.75) is 37.4 Å². The van der Waals surface area contributed by atoms with Crippen molar-refractivity contribution in [2.24, 2.45) is 4.99 Å². The molecule has 2 aliphatic heterocycles. The van der Waals surface area contributed by atoms with Crippen LogP contribution in [0.15, 0.2) is 29.3 Å². The third kappa shape index (κ3) is 4.69. The van der Waals surface area contributed by atoms with Gasteiger partial charge in [0.25, 0.3) is 5.91 Å². The highest BCUT2D eigenvalue weighted by Crippen LogP contribution is 2.36. The minimum Gasteiger partial charge on any atom is -0.383 e. The van der Waals surface area contributed by atoms with Gasteiger partial charge in [-0.2, -0.15) is 0 Å². The third-order valence-electron chi connectivity index (χ3n) is 6.17. The van der Waals surface area contributed by atoms with E-state index in [0.29, 0.717) is 26.2 Å². The molecule has 8 heteroatoms. The van der Waals surface area contributed by atoms with Gasteiger partial charge in [0.2, 0.25) is 0 Å². The van der Waals surface area contributed by atoms with Gasteiger partial charge < -0.3 is 25.0 Å². The van der Waals surface area contributed by atoms with Crippen molar-refractivity contribution >= 4 is 35.8 Å². The summed E-state index contributed by atoms with van der Waals surface area (Å²) in [5, 5.41) is 14.5. The standard InChI is InChI=1S/C21H30N4O3.HI/c1-22-20(23-15-21(27)9-8-16-5-2-3-6-17(16)21)25-12-10-24(11-13-25)19(26)18-7-4-14-28-18;/h2-3,5-6,18,27H,4,7-15H2,1H3,(H,22,23);1H. The number of nitrogens with one attached hydrogen (secondary N) is 1. The first-order valence-corrected chi connectivity index (χ1v) is 10.3. The second kappa shape index (κ2) is 9.61. The molecular weight excluding hydrogens is 483 g/mol. The summed E-state index contributed by atoms with van der Waals surface area (Å²) in [6.07, 6.45) is 3.18. The number of amides is 1. The Balaban J connectivity index is 0.00000240. The molecule has 2 unspecified atom stereocenters. The number of aliphatic imine (C=N–C) groups is 1. The molecule has 29 heavy (non-hydrogen) atoms. The summed E-state index contributed by atoms with van der Waals surface area (Å²) < 4.78 is 5.53. The number of rotatable bonds is 3. The number of hydrogen-bond donors (Lipinski definition) is 2. The van der Waals surface area contributed by atoms with Crippen molar-refractivity contribution in [2.75, 3.05) is 46.4 Å². The Bertz CT molecular complexity index is 745. The smallest absolute Gasteiger partial charge is 0.251 e. The molecule has 2 saturated heterocycles. The number of aliphatic hydroxyl groups is 1. The van der Waals surface area contributed by atoms with Crippen molar-refractivity contribution in [3.05, 3.63) is 35.4 Å². The maximum atomic E-state index is 12.5. The number of piperazine rings is 1. The molecule has 0 aromatic heterocycles. The molecule has 0 saturated carbocycles. The first-order valence-electron chi connectivity index (χ1n) is 10.3. The Morgan fingerprint density at radius 1 is 1.28 bits per heavy atom. The monoisotopic (exact) mass is 514 g/mol. The van der Waals surface area contributed by atoms with Gasteiger partial charge in [-0.05, 0) is 36.8 Å². The molecule has 2 N–H and O–H groups in total. The lowest BCUT2D eigenvalue weighted by Gasteiger charge is -2.38. The molecule has 1 aromatic carbocycles. The van der Waals surface area contributed by atoms with Crippen LogP contribution in [0.4, 0.5) is 0 Å². The molecule has 4 rings (SSSR count). The summed E-state index contributed by atoms with van der Waals surface area (Å²) >= 11 is 0. The van der Waals surface area contributed by atoms with Crippen molar-refractivity contribution in [3.63, 3.8) is 0 Å². The molecule has 160 valence electrons. The molecule has 7 nitrogen and oxygen atoms in total. The SMILES string of the molecule is CN=C(NCC1(O)CCc2ccccc21)N1CCN(C(=O)C2CCCO2)CC1.I. The largest absolute Gasteiger partial charge is 0.383 e. The molecule has 2 fully saturated rings. The second-order valence-corrected chi connectivity index (χ2v) is 7.90. The first kappa shape index (κ1) is 22.3. The number of hydrogen-bond acceptors (Lipinski definition) is 4. The topological polar surface area (TPSA) is 77.4 Å². The molecule has 2 atom stereocenters. The highest BCUT2D eigenvalue weighted by atomic mass is 127. The predicted molar refractivity (Wildman–Crippen MR) is 123 cm³/mol. The van der Waals surface area contributed by atoms with Gasteiger partial charge in [0.05, 0.1) is 6.54 Å². The van der Waals surface area contributed by atoms with Crippen molar-refractivity contribution in [3.8, 4) is 0 Å². The zero-order chi connectivity index (χ0) is 19.6. The number of nitrogens with zero attached hydrogens (tertiary/aromatic N) is 3. The third-order valence-corrected chi connectivity index (χ3v) is 6.17. The van der Waals surface area contributed by atoms with Gasteiger partial charge in [0.15, 0.2) is 5.96 Å². The van der Waals surface area contributed by atoms with Crippen molar-refractivity contribution in [1.82, 2.24) is 15.1 Å². The normalized spacial score (nSPS) is 26.8. The first-order chi connectivity index (χ1) is 13.6. The lowest BCUT2D eigenvalue weighted by Crippen LogP contribution is -2.56. The summed E-state index contributed by atoms with van der Waals surface area (Å²) in [6, 6.07) is 8.11. The number of halogens is 1. The Kier molecular flexibility index (Phi) is 7.39. The number of carbonyl (C=O) groups excluding carboxylic acids is 1. The summed E-state index contributed by atoms with van der Waals surface area (Å²) in [4.78, 5) is 21.0. The fraction of sp³-hybridized carbons (Fsp3) is 0.619. The van der Waals surface area contributed by atoms with E-state index in [1.807, 2.05) is 23.1 Å². The highest BCUT2D eigenvalue weighted by molar-refractivity contribution is 14.0. The molecule has 3 aliphatic rings. The summed E-state index contributed by atoms with van der Waals surface area (Å²) in [6.45, 7) is 3.93. The lowest BCUT2D eigenvalue weighted by molar-refractivity contribution is -0.142. The Labute approximate surface area is 189 Å². The number of carbonyl (C=O) groups is 1. The van der Waals surface area contributed by atoms with E-state index in [1.165, 1.54) is 5.56 Å². The van der Waals surface area contributed by atoms with Crippen LogP contribution < -0.4 is 5.32 Å². The maximum absolute atomic E-state index is 12.5. The van der Waals surface area contributed by atoms with E-state index in [-0.39, 0.29) is 36.0 Å². The molecule has 1 amide bonds. The number of aryl methyl sites for hydroxylation is 1. The van der Waals surface area contributed by atoms with E-state index in [2.05, 4.69) is 21.3 Å². The Morgan fingerprint density at radius 3 is 2.69 bits per heavy atom. The van der Waals surface area contributed by atoms with Crippen LogP contribution in [0.1, 0.15) is 30.4 Å². The number of ether oxygens (including phenoxy) is 1. The number of guanidine groups is 1. The van der Waals surface area contributed by atoms with Gasteiger partial charge in [-0.1, -0.05) is 24.3 Å². The zero-order valence-electron chi connectivity index (χ0n) is 17.0. The average Bonchev–Trinajstić information content (AvgIpc) is 3.38. The van der Waals surface area contributed by atoms with Gasteiger partial charge >= 0.3 is 0 Å². The van der Waals surface area contributed by atoms with Crippen LogP contribution in [0, 0.1) is 0 Å². The van der Waals surface area contributed by atoms with E-state index < -0.39 is 5.60 Å². The van der Waals surface area contributed by atoms with Crippen LogP contribution in [-0.4, -0.2) is 79.3 Å². The van der Waals surface area contributed by atoms with Crippen molar-refractivity contribution in [1.29, 1.82) is 0 Å². The molecule has 1 aliphatic carbocycles. The van der Waals surface area contributed by atoms with E-state index in [4.69, 9.17) is 4.74 Å². The minimum absolute atomic E-state index is 0. The Morgan fingerprint density at radius 2 is 2.00 bits per heavy atom. The molecule has 0 radical (unpaired) electrons. The zero-order valence-corrected chi connectivity index (χ0v) is 19.3. The van der Waals surface area contributed by atoms with Gasteiger partial charge in [0.1, 0.15) is 11.7 Å². The fourth-order valence-corrected chi connectivity index (χ4v) is 4.52. The summed E-state index contributed by atoms with van der Waals surface area (Å²) in [5.74, 6) is 0.902. The van der Waals surface area contributed by atoms with Crippen LogP contribution >= 0.6 is 24.0 Å². The molecule has 1 aromatic rings. The van der Waals surface area contributed by atoms with Crippen molar-refractivity contribution < 1.29 is 14.6 Å². The van der Waals surface area contributed by atoms with Crippen LogP contribution in [-0.2, 0) is 21.6 Å². The maximum Gasteiger partial charge on any atom is 0.251 e. The summed E-state index contributed by atoms with van der Waals surface area (Å²) in [7, 11) is 1.76. The average molecular weight is 514 g/mol. The highest BCUT2D eigenvalue weighted by Gasteiger charge is 2.37. The molecule has 0 spiro atoms. The van der Waals surface area contributed by atoms with Crippen LogP contribution in [0.2, 0.25) is 0 Å². The van der Waals surface area contributed by atoms with E-state index in [1.54, 1.807) is 7.05 Å². The lowest BCUT2D eigenvalue weighted by atomic mass is 9.96. The van der Waals surface area contributed by atoms with Gasteiger partial charge in [-0.25, -0.2) is 0 Å². The van der Waals surface area contributed by atoms with Crippen LogP contribution in [0.25, 0.3) is 0 Å². The number of fused-ring (bicyclic) bond motifs is 1. The van der Waals surface area contributed by atoms with Gasteiger partial charge in [-0.15, -0.1) is 24.0 Å². The van der Waals surface area contributed by atoms with E-state index in [0.717, 1.165) is 50.3 Å².